The second-order valence-electron chi connectivity index (χ2n) is 12.6. The fraction of sp³-hybridized carbons (Fsp3) is 0.368. The first-order chi connectivity index (χ1) is 18.3. The molecule has 1 fully saturated rings. The van der Waals surface area contributed by atoms with Gasteiger partial charge in [-0.1, -0.05) is 99.0 Å². The van der Waals surface area contributed by atoms with E-state index in [4.69, 9.17) is 0 Å². The van der Waals surface area contributed by atoms with E-state index in [1.165, 1.54) is 92.5 Å². The maximum atomic E-state index is 4.27. The molecule has 1 unspecified atom stereocenters. The zero-order valence-electron chi connectivity index (χ0n) is 24.0. The number of aryl methyl sites for hydroxylation is 2. The van der Waals surface area contributed by atoms with Crippen LogP contribution in [0.1, 0.15) is 96.9 Å². The van der Waals surface area contributed by atoms with Gasteiger partial charge in [0.15, 0.2) is 0 Å². The van der Waals surface area contributed by atoms with E-state index in [0.717, 1.165) is 24.7 Å². The highest BCUT2D eigenvalue weighted by atomic mass is 14.3. The van der Waals surface area contributed by atoms with Crippen molar-refractivity contribution in [1.29, 1.82) is 0 Å². The molecule has 0 bridgehead atoms. The minimum absolute atomic E-state index is 0.531. The van der Waals surface area contributed by atoms with Gasteiger partial charge in [-0.2, -0.15) is 0 Å². The number of hydrogen-bond donors (Lipinski definition) is 0. The van der Waals surface area contributed by atoms with Crippen LogP contribution in [0.15, 0.2) is 66.8 Å². The summed E-state index contributed by atoms with van der Waals surface area (Å²) in [5.74, 6) is 2.16. The molecule has 0 amide bonds. The Kier molecular flexibility index (Phi) is 6.55. The summed E-state index contributed by atoms with van der Waals surface area (Å²) < 4.78 is 0. The lowest BCUT2D eigenvalue weighted by Gasteiger charge is -2.28. The van der Waals surface area contributed by atoms with Crippen molar-refractivity contribution in [3.05, 3.63) is 111 Å². The highest BCUT2D eigenvalue weighted by Crippen LogP contribution is 2.47. The molecule has 3 aliphatic carbocycles. The van der Waals surface area contributed by atoms with Gasteiger partial charge in [-0.15, -0.1) is 0 Å². The molecule has 3 aromatic rings. The van der Waals surface area contributed by atoms with Gasteiger partial charge in [-0.05, 0) is 126 Å². The predicted molar refractivity (Wildman–Crippen MR) is 165 cm³/mol. The van der Waals surface area contributed by atoms with Crippen molar-refractivity contribution in [1.82, 2.24) is 0 Å². The second kappa shape index (κ2) is 9.88. The lowest BCUT2D eigenvalue weighted by Crippen LogP contribution is -2.13. The monoisotopic (exact) mass is 498 g/mol. The molecule has 0 aromatic heterocycles. The van der Waals surface area contributed by atoms with Gasteiger partial charge < -0.3 is 0 Å². The van der Waals surface area contributed by atoms with Crippen molar-refractivity contribution in [2.75, 3.05) is 0 Å². The molecule has 0 nitrogen and oxygen atoms in total. The molecule has 0 saturated heterocycles. The third kappa shape index (κ3) is 4.53. The average Bonchev–Trinajstić information content (AvgIpc) is 3.46. The highest BCUT2D eigenvalue weighted by molar-refractivity contribution is 5.94. The normalized spacial score (nSPS) is 22.1. The van der Waals surface area contributed by atoms with Crippen molar-refractivity contribution in [3.63, 3.8) is 0 Å². The molecule has 0 radical (unpaired) electrons. The number of allylic oxidation sites excluding steroid dienone is 4. The largest absolute Gasteiger partial charge is 0.0998 e. The van der Waals surface area contributed by atoms with Crippen molar-refractivity contribution in [2.45, 2.75) is 79.1 Å². The van der Waals surface area contributed by atoms with Crippen molar-refractivity contribution in [2.24, 2.45) is 11.8 Å². The van der Waals surface area contributed by atoms with Gasteiger partial charge in [-0.25, -0.2) is 0 Å². The summed E-state index contributed by atoms with van der Waals surface area (Å²) in [7, 11) is 0. The topological polar surface area (TPSA) is 0 Å². The zero-order chi connectivity index (χ0) is 26.6. The SMILES string of the molecule is C=C(C)Cc1c(C)cc2c(c1-c1ccc(C)cc1)CC(c1ccc3c(c1)C(C1CCC(C)CC1)=CC3C)=C2. The molecule has 0 heterocycles. The van der Waals surface area contributed by atoms with Gasteiger partial charge in [0, 0.05) is 5.92 Å². The summed E-state index contributed by atoms with van der Waals surface area (Å²) >= 11 is 0. The molecule has 0 N–H and O–H groups in total. The van der Waals surface area contributed by atoms with Gasteiger partial charge in [0.1, 0.15) is 0 Å². The van der Waals surface area contributed by atoms with E-state index in [2.05, 4.69) is 102 Å². The average molecular weight is 499 g/mol. The van der Waals surface area contributed by atoms with Crippen LogP contribution < -0.4 is 0 Å². The predicted octanol–water partition coefficient (Wildman–Crippen LogP) is 10.5. The van der Waals surface area contributed by atoms with E-state index in [1.54, 1.807) is 5.57 Å². The molecule has 1 atom stereocenters. The Balaban J connectivity index is 1.38. The third-order valence-corrected chi connectivity index (χ3v) is 9.43. The molecular weight excluding hydrogens is 456 g/mol. The molecule has 0 aliphatic heterocycles. The van der Waals surface area contributed by atoms with Crippen LogP contribution in [0.4, 0.5) is 0 Å². The van der Waals surface area contributed by atoms with E-state index in [-0.39, 0.29) is 0 Å². The Morgan fingerprint density at radius 2 is 1.61 bits per heavy atom. The molecule has 0 spiro atoms. The zero-order valence-corrected chi connectivity index (χ0v) is 24.0. The molecular formula is C38H42. The van der Waals surface area contributed by atoms with Crippen LogP contribution in [-0.4, -0.2) is 0 Å². The molecule has 1 saturated carbocycles. The standard InChI is InChI=1S/C38H42/c1-23(2)17-34-26(5)18-32-20-31(22-36(32)38(34)29-13-9-25(4)10-14-29)30-15-16-33-27(6)19-35(37(33)21-30)28-11-7-24(3)8-12-28/h9-10,13-16,18-21,24,27-28H,1,7-8,11-12,17,22H2,2-6H3. The molecule has 6 rings (SSSR count). The van der Waals surface area contributed by atoms with Gasteiger partial charge in [0.05, 0.1) is 0 Å². The van der Waals surface area contributed by atoms with Crippen LogP contribution in [0.25, 0.3) is 28.3 Å². The summed E-state index contributed by atoms with van der Waals surface area (Å²) in [4.78, 5) is 0. The summed E-state index contributed by atoms with van der Waals surface area (Å²) in [5, 5.41) is 0. The summed E-state index contributed by atoms with van der Waals surface area (Å²) in [5.41, 5.74) is 18.5. The van der Waals surface area contributed by atoms with E-state index in [0.29, 0.717) is 5.92 Å². The van der Waals surface area contributed by atoms with E-state index in [1.807, 2.05) is 0 Å². The van der Waals surface area contributed by atoms with Crippen LogP contribution in [0.5, 0.6) is 0 Å². The molecule has 38 heavy (non-hydrogen) atoms. The summed E-state index contributed by atoms with van der Waals surface area (Å²) in [6.45, 7) is 15.7. The summed E-state index contributed by atoms with van der Waals surface area (Å²) in [6, 6.07) is 18.9. The van der Waals surface area contributed by atoms with Crippen LogP contribution >= 0.6 is 0 Å². The Hall–Kier alpha value is -3.12. The third-order valence-electron chi connectivity index (χ3n) is 9.43. The first kappa shape index (κ1) is 25.2. The van der Waals surface area contributed by atoms with E-state index in [9.17, 15) is 0 Å². The van der Waals surface area contributed by atoms with E-state index >= 15 is 0 Å². The fourth-order valence-corrected chi connectivity index (χ4v) is 7.24. The molecule has 194 valence electrons. The van der Waals surface area contributed by atoms with Gasteiger partial charge in [0.25, 0.3) is 0 Å². The lowest BCUT2D eigenvalue weighted by atomic mass is 9.77. The van der Waals surface area contributed by atoms with Gasteiger partial charge in [-0.3, -0.25) is 0 Å². The van der Waals surface area contributed by atoms with Gasteiger partial charge >= 0.3 is 0 Å². The van der Waals surface area contributed by atoms with Crippen molar-refractivity contribution < 1.29 is 0 Å². The van der Waals surface area contributed by atoms with Crippen LogP contribution in [-0.2, 0) is 12.8 Å². The van der Waals surface area contributed by atoms with Crippen LogP contribution in [0, 0.1) is 25.7 Å². The van der Waals surface area contributed by atoms with Crippen molar-refractivity contribution >= 4 is 17.2 Å². The smallest absolute Gasteiger partial charge is 0.000174 e. The molecule has 0 heteroatoms. The first-order valence-electron chi connectivity index (χ1n) is 14.7. The number of benzene rings is 3. The van der Waals surface area contributed by atoms with Crippen LogP contribution in [0.3, 0.4) is 0 Å². The quantitative estimate of drug-likeness (QED) is 0.307. The second-order valence-corrected chi connectivity index (χ2v) is 12.6. The first-order valence-corrected chi connectivity index (χ1v) is 14.7. The lowest BCUT2D eigenvalue weighted by molar-refractivity contribution is 0.337. The Morgan fingerprint density at radius 1 is 0.895 bits per heavy atom. The number of hydrogen-bond acceptors (Lipinski definition) is 0. The Morgan fingerprint density at radius 3 is 2.32 bits per heavy atom. The molecule has 3 aliphatic rings. The van der Waals surface area contributed by atoms with Crippen molar-refractivity contribution in [3.8, 4) is 11.1 Å². The highest BCUT2D eigenvalue weighted by Gasteiger charge is 2.30. The molecule has 3 aromatic carbocycles. The fourth-order valence-electron chi connectivity index (χ4n) is 7.24. The number of rotatable bonds is 5. The maximum absolute atomic E-state index is 4.27. The van der Waals surface area contributed by atoms with Crippen LogP contribution in [0.2, 0.25) is 0 Å². The minimum atomic E-state index is 0.531. The van der Waals surface area contributed by atoms with Gasteiger partial charge in [0.2, 0.25) is 0 Å². The maximum Gasteiger partial charge on any atom is 0.000174 e. The Labute approximate surface area is 230 Å². The van der Waals surface area contributed by atoms with E-state index < -0.39 is 0 Å². The summed E-state index contributed by atoms with van der Waals surface area (Å²) in [6.07, 6.45) is 12.4. The number of fused-ring (bicyclic) bond motifs is 2. The minimum Gasteiger partial charge on any atom is -0.0998 e. The Bertz CT molecular complexity index is 1470.